The minimum absolute atomic E-state index is 0.0435. The van der Waals surface area contributed by atoms with E-state index in [-0.39, 0.29) is 23.4 Å². The Morgan fingerprint density at radius 2 is 2.19 bits per heavy atom. The maximum Gasteiger partial charge on any atom is 0.253 e. The van der Waals surface area contributed by atoms with Crippen LogP contribution in [0.3, 0.4) is 0 Å². The summed E-state index contributed by atoms with van der Waals surface area (Å²) in [5.74, 6) is 1.16. The van der Waals surface area contributed by atoms with Crippen LogP contribution in [-0.4, -0.2) is 41.5 Å². The van der Waals surface area contributed by atoms with Crippen LogP contribution in [0.1, 0.15) is 40.8 Å². The average molecular weight is 355 g/mol. The molecule has 1 N–H and O–H groups in total. The Balaban J connectivity index is 1.35. The molecule has 1 amide bonds. The van der Waals surface area contributed by atoms with Gasteiger partial charge in [0.25, 0.3) is 5.91 Å². The van der Waals surface area contributed by atoms with Gasteiger partial charge in [-0.05, 0) is 25.0 Å². The second-order valence-corrected chi connectivity index (χ2v) is 6.47. The van der Waals surface area contributed by atoms with Gasteiger partial charge in [-0.25, -0.2) is 4.39 Å². The molecule has 1 aliphatic rings. The highest BCUT2D eigenvalue weighted by Crippen LogP contribution is 2.36. The predicted molar refractivity (Wildman–Crippen MR) is 89.8 cm³/mol. The fourth-order valence-electron chi connectivity index (χ4n) is 3.16. The van der Waals surface area contributed by atoms with Crippen molar-refractivity contribution in [3.8, 4) is 0 Å². The van der Waals surface area contributed by atoms with Crippen LogP contribution in [0.5, 0.6) is 0 Å². The second-order valence-electron chi connectivity index (χ2n) is 6.47. The second kappa shape index (κ2) is 6.66. The third kappa shape index (κ3) is 3.19. The number of hydrogen-bond acceptors (Lipinski definition) is 5. The third-order valence-corrected chi connectivity index (χ3v) is 4.67. The van der Waals surface area contributed by atoms with Crippen molar-refractivity contribution in [2.45, 2.75) is 31.3 Å². The lowest BCUT2D eigenvalue weighted by Crippen LogP contribution is -2.44. The van der Waals surface area contributed by atoms with E-state index in [0.29, 0.717) is 6.54 Å². The van der Waals surface area contributed by atoms with E-state index in [0.717, 1.165) is 30.7 Å². The van der Waals surface area contributed by atoms with Crippen molar-refractivity contribution in [1.82, 2.24) is 34.8 Å². The molecule has 3 aromatic rings. The Kier molecular flexibility index (Phi) is 4.19. The number of halogens is 1. The fourth-order valence-corrected chi connectivity index (χ4v) is 3.16. The van der Waals surface area contributed by atoms with Gasteiger partial charge in [-0.1, -0.05) is 0 Å². The van der Waals surface area contributed by atoms with E-state index in [1.165, 1.54) is 12.3 Å². The largest absolute Gasteiger partial charge is 0.349 e. The van der Waals surface area contributed by atoms with E-state index < -0.39 is 5.82 Å². The number of rotatable bonds is 5. The summed E-state index contributed by atoms with van der Waals surface area (Å²) >= 11 is 0. The molecule has 0 unspecified atom stereocenters. The molecular formula is C17H18FN7O. The molecular weight excluding hydrogens is 337 g/mol. The van der Waals surface area contributed by atoms with Crippen molar-refractivity contribution in [1.29, 1.82) is 0 Å². The van der Waals surface area contributed by atoms with Crippen LogP contribution < -0.4 is 5.32 Å². The van der Waals surface area contributed by atoms with Crippen molar-refractivity contribution in [3.63, 3.8) is 0 Å². The van der Waals surface area contributed by atoms with Crippen LogP contribution in [0.2, 0.25) is 0 Å². The van der Waals surface area contributed by atoms with Gasteiger partial charge in [-0.2, -0.15) is 5.10 Å². The SMILES string of the molecule is Cn1c(Cn2cccn2)nnc1C1CC(NC(=O)c2cncc(F)c2)C1. The first-order valence-corrected chi connectivity index (χ1v) is 8.37. The Morgan fingerprint density at radius 3 is 2.92 bits per heavy atom. The van der Waals surface area contributed by atoms with Crippen molar-refractivity contribution < 1.29 is 9.18 Å². The molecule has 1 aliphatic carbocycles. The lowest BCUT2D eigenvalue weighted by molar-refractivity contribution is 0.0906. The van der Waals surface area contributed by atoms with Crippen LogP contribution in [0.4, 0.5) is 4.39 Å². The van der Waals surface area contributed by atoms with Gasteiger partial charge in [-0.3, -0.25) is 14.5 Å². The minimum Gasteiger partial charge on any atom is -0.349 e. The minimum atomic E-state index is -0.520. The molecule has 26 heavy (non-hydrogen) atoms. The average Bonchev–Trinajstić information content (AvgIpc) is 3.22. The van der Waals surface area contributed by atoms with Gasteiger partial charge in [0.15, 0.2) is 5.82 Å². The van der Waals surface area contributed by atoms with Crippen LogP contribution in [0.25, 0.3) is 0 Å². The lowest BCUT2D eigenvalue weighted by Gasteiger charge is -2.35. The van der Waals surface area contributed by atoms with Crippen LogP contribution in [-0.2, 0) is 13.6 Å². The number of carbonyl (C=O) groups excluding carboxylic acids is 1. The van der Waals surface area contributed by atoms with Gasteiger partial charge in [0.05, 0.1) is 11.8 Å². The molecule has 134 valence electrons. The monoisotopic (exact) mass is 355 g/mol. The summed E-state index contributed by atoms with van der Waals surface area (Å²) in [5, 5.41) is 15.6. The van der Waals surface area contributed by atoms with Gasteiger partial charge >= 0.3 is 0 Å². The van der Waals surface area contributed by atoms with Crippen molar-refractivity contribution in [2.75, 3.05) is 0 Å². The molecule has 0 aromatic carbocycles. The summed E-state index contributed by atoms with van der Waals surface area (Å²) in [5.41, 5.74) is 0.230. The molecule has 0 atom stereocenters. The normalized spacial score (nSPS) is 19.2. The Bertz CT molecular complexity index is 915. The van der Waals surface area contributed by atoms with E-state index in [2.05, 4.69) is 25.6 Å². The first-order chi connectivity index (χ1) is 12.6. The zero-order chi connectivity index (χ0) is 18.1. The van der Waals surface area contributed by atoms with Crippen molar-refractivity contribution in [2.24, 2.45) is 7.05 Å². The summed E-state index contributed by atoms with van der Waals surface area (Å²) in [4.78, 5) is 15.8. The van der Waals surface area contributed by atoms with E-state index in [9.17, 15) is 9.18 Å². The Hall–Kier alpha value is -3.10. The summed E-state index contributed by atoms with van der Waals surface area (Å²) < 4.78 is 16.9. The lowest BCUT2D eigenvalue weighted by atomic mass is 9.79. The molecule has 0 saturated heterocycles. The molecule has 0 radical (unpaired) electrons. The molecule has 0 bridgehead atoms. The number of carbonyl (C=O) groups is 1. The van der Waals surface area contributed by atoms with Crippen molar-refractivity contribution >= 4 is 5.91 Å². The van der Waals surface area contributed by atoms with Crippen LogP contribution in [0, 0.1) is 5.82 Å². The molecule has 8 nitrogen and oxygen atoms in total. The number of hydrogen-bond donors (Lipinski definition) is 1. The highest BCUT2D eigenvalue weighted by molar-refractivity contribution is 5.94. The zero-order valence-corrected chi connectivity index (χ0v) is 14.2. The summed E-state index contributed by atoms with van der Waals surface area (Å²) in [6, 6.07) is 3.09. The Labute approximate surface area is 149 Å². The number of pyridine rings is 1. The fraction of sp³-hybridized carbons (Fsp3) is 0.353. The molecule has 1 fully saturated rings. The van der Waals surface area contributed by atoms with Crippen molar-refractivity contribution in [3.05, 3.63) is 59.9 Å². The number of nitrogens with zero attached hydrogens (tertiary/aromatic N) is 6. The van der Waals surface area contributed by atoms with E-state index in [1.54, 1.807) is 10.9 Å². The molecule has 0 aliphatic heterocycles. The quantitative estimate of drug-likeness (QED) is 0.744. The molecule has 3 aromatic heterocycles. The maximum absolute atomic E-state index is 13.2. The van der Waals surface area contributed by atoms with E-state index in [4.69, 9.17) is 0 Å². The molecule has 1 saturated carbocycles. The zero-order valence-electron chi connectivity index (χ0n) is 14.2. The van der Waals surface area contributed by atoms with Crippen LogP contribution in [0.15, 0.2) is 36.9 Å². The Morgan fingerprint density at radius 1 is 1.35 bits per heavy atom. The smallest absolute Gasteiger partial charge is 0.253 e. The van der Waals surface area contributed by atoms with Crippen LogP contribution >= 0.6 is 0 Å². The molecule has 9 heteroatoms. The number of aromatic nitrogens is 6. The first-order valence-electron chi connectivity index (χ1n) is 8.37. The van der Waals surface area contributed by atoms with Gasteiger partial charge in [0, 0.05) is 37.6 Å². The van der Waals surface area contributed by atoms with Gasteiger partial charge < -0.3 is 9.88 Å². The van der Waals surface area contributed by atoms with E-state index >= 15 is 0 Å². The topological polar surface area (TPSA) is 90.5 Å². The third-order valence-electron chi connectivity index (χ3n) is 4.67. The van der Waals surface area contributed by atoms with Gasteiger partial charge in [0.1, 0.15) is 18.2 Å². The van der Waals surface area contributed by atoms with Gasteiger partial charge in [-0.15, -0.1) is 10.2 Å². The van der Waals surface area contributed by atoms with E-state index in [1.807, 2.05) is 23.9 Å². The number of amides is 1. The standard InChI is InChI=1S/C17H18FN7O/c1-24-15(10-25-4-2-3-20-25)22-23-16(24)11-6-14(7-11)21-17(26)12-5-13(18)9-19-8-12/h2-5,8-9,11,14H,6-7,10H2,1H3,(H,21,26). The first kappa shape index (κ1) is 16.4. The molecule has 4 rings (SSSR count). The van der Waals surface area contributed by atoms with Gasteiger partial charge in [0.2, 0.25) is 0 Å². The highest BCUT2D eigenvalue weighted by atomic mass is 19.1. The summed E-state index contributed by atoms with van der Waals surface area (Å²) in [7, 11) is 1.94. The summed E-state index contributed by atoms with van der Waals surface area (Å²) in [6.45, 7) is 0.565. The predicted octanol–water partition coefficient (Wildman–Crippen LogP) is 1.27. The highest BCUT2D eigenvalue weighted by Gasteiger charge is 2.35. The molecule has 0 spiro atoms. The molecule has 3 heterocycles. The number of nitrogens with one attached hydrogen (secondary N) is 1. The summed E-state index contributed by atoms with van der Waals surface area (Å²) in [6.07, 6.45) is 7.60. The maximum atomic E-state index is 13.2.